The number of aromatic amines is 1. The fourth-order valence-corrected chi connectivity index (χ4v) is 4.34. The Bertz CT molecular complexity index is 516. The van der Waals surface area contributed by atoms with E-state index in [2.05, 4.69) is 79.2 Å². The van der Waals surface area contributed by atoms with E-state index in [4.69, 9.17) is 0 Å². The van der Waals surface area contributed by atoms with Crippen molar-refractivity contribution in [3.63, 3.8) is 0 Å². The number of unbranched alkanes of at least 4 members (excludes halogenated alkanes) is 2. The van der Waals surface area contributed by atoms with Crippen molar-refractivity contribution in [1.82, 2.24) is 20.3 Å². The van der Waals surface area contributed by atoms with Gasteiger partial charge in [0, 0.05) is 25.0 Å². The van der Waals surface area contributed by atoms with Crippen LogP contribution in [0, 0.1) is 17.3 Å². The largest absolute Gasteiger partial charge is 0.302 e. The first-order chi connectivity index (χ1) is 14.6. The summed E-state index contributed by atoms with van der Waals surface area (Å²) in [5, 5.41) is 9.33. The number of allylic oxidation sites excluding steroid dienone is 3. The van der Waals surface area contributed by atoms with Gasteiger partial charge in [0.1, 0.15) is 0 Å². The molecule has 0 bridgehead atoms. The van der Waals surface area contributed by atoms with Gasteiger partial charge in [0.05, 0.1) is 12.4 Å². The van der Waals surface area contributed by atoms with Crippen LogP contribution in [0.3, 0.4) is 0 Å². The van der Waals surface area contributed by atoms with Crippen LogP contribution in [0.5, 0.6) is 0 Å². The lowest BCUT2D eigenvalue weighted by molar-refractivity contribution is 0.138. The number of aromatic nitrogens is 3. The van der Waals surface area contributed by atoms with E-state index in [0.29, 0.717) is 5.41 Å². The number of rotatable bonds is 14. The summed E-state index contributed by atoms with van der Waals surface area (Å²) in [6.45, 7) is 15.7. The van der Waals surface area contributed by atoms with Crippen molar-refractivity contribution in [1.29, 1.82) is 0 Å². The molecule has 3 unspecified atom stereocenters. The summed E-state index contributed by atoms with van der Waals surface area (Å²) in [5.41, 5.74) is 0.320. The summed E-state index contributed by atoms with van der Waals surface area (Å²) >= 11 is 0. The Labute approximate surface area is 186 Å². The first kappa shape index (κ1) is 26.6. The van der Waals surface area contributed by atoms with Crippen molar-refractivity contribution in [2.75, 3.05) is 19.6 Å². The Morgan fingerprint density at radius 3 is 1.83 bits per heavy atom. The Morgan fingerprint density at radius 1 is 0.900 bits per heavy atom. The number of nitrogens with one attached hydrogen (secondary N) is 1. The zero-order valence-electron chi connectivity index (χ0n) is 20.4. The first-order valence-corrected chi connectivity index (χ1v) is 12.4. The molecule has 4 nitrogen and oxygen atoms in total. The Kier molecular flexibility index (Phi) is 14.5. The van der Waals surface area contributed by atoms with E-state index in [9.17, 15) is 0 Å². The summed E-state index contributed by atoms with van der Waals surface area (Å²) in [5.74, 6) is 1.74. The van der Waals surface area contributed by atoms with Gasteiger partial charge in [0.2, 0.25) is 0 Å². The molecule has 0 amide bonds. The molecule has 0 fully saturated rings. The van der Waals surface area contributed by atoms with E-state index in [-0.39, 0.29) is 0 Å². The first-order valence-electron chi connectivity index (χ1n) is 12.4. The van der Waals surface area contributed by atoms with Gasteiger partial charge in [0.15, 0.2) is 0 Å². The fraction of sp³-hybridized carbons (Fsp3) is 0.769. The second kappa shape index (κ2) is 16.3. The third-order valence-corrected chi connectivity index (χ3v) is 6.37. The third kappa shape index (κ3) is 11.7. The maximum Gasteiger partial charge on any atom is 0.0690 e. The van der Waals surface area contributed by atoms with E-state index in [0.717, 1.165) is 11.8 Å². The van der Waals surface area contributed by atoms with Gasteiger partial charge in [-0.15, -0.1) is 0 Å². The zero-order chi connectivity index (χ0) is 22.1. The van der Waals surface area contributed by atoms with Crippen LogP contribution < -0.4 is 0 Å². The number of H-pyrrole nitrogens is 1. The molecule has 1 heterocycles. The van der Waals surface area contributed by atoms with E-state index < -0.39 is 0 Å². The standard InChI is InChI=1S/C24H45N.C2H3N3/c1-6-10-15-22(8-3)19-25(20-23(9-4)16-11-7-2)21-24(5)17-13-12-14-18-24;1-2-4-5-3-1/h12-14,17,22-23H,6-11,15-16,18-21H2,1-5H3;1-2H,(H,3,4,5). The average Bonchev–Trinajstić information content (AvgIpc) is 3.34. The lowest BCUT2D eigenvalue weighted by Gasteiger charge is -2.37. The van der Waals surface area contributed by atoms with Gasteiger partial charge < -0.3 is 4.90 Å². The minimum atomic E-state index is 0.320. The molecule has 0 radical (unpaired) electrons. The van der Waals surface area contributed by atoms with Crippen LogP contribution in [0.1, 0.15) is 92.4 Å². The van der Waals surface area contributed by atoms with Crippen molar-refractivity contribution in [2.45, 2.75) is 92.4 Å². The van der Waals surface area contributed by atoms with Crippen LogP contribution in [0.2, 0.25) is 0 Å². The van der Waals surface area contributed by atoms with E-state index in [1.807, 2.05) is 0 Å². The predicted octanol–water partition coefficient (Wildman–Crippen LogP) is 7.05. The minimum absolute atomic E-state index is 0.320. The average molecular weight is 417 g/mol. The monoisotopic (exact) mass is 416 g/mol. The molecule has 0 spiro atoms. The SMILES string of the molecule is CCCCC(CC)CN(CC(CC)CCCC)CC1(C)C=CC=CC1.c1cn[nH]n1. The molecule has 4 heteroatoms. The van der Waals surface area contributed by atoms with Gasteiger partial charge in [-0.05, 0) is 31.1 Å². The number of hydrogen-bond donors (Lipinski definition) is 1. The van der Waals surface area contributed by atoms with Crippen molar-refractivity contribution in [2.24, 2.45) is 17.3 Å². The van der Waals surface area contributed by atoms with E-state index >= 15 is 0 Å². The summed E-state index contributed by atoms with van der Waals surface area (Å²) in [4.78, 5) is 2.83. The maximum absolute atomic E-state index is 3.49. The highest BCUT2D eigenvalue weighted by Crippen LogP contribution is 2.30. The van der Waals surface area contributed by atoms with Crippen LogP contribution in [-0.4, -0.2) is 39.9 Å². The highest BCUT2D eigenvalue weighted by molar-refractivity contribution is 5.16. The van der Waals surface area contributed by atoms with E-state index in [1.165, 1.54) is 77.4 Å². The quantitative estimate of drug-likeness (QED) is 0.353. The molecule has 1 aromatic rings. The van der Waals surface area contributed by atoms with Crippen molar-refractivity contribution in [3.05, 3.63) is 36.7 Å². The smallest absolute Gasteiger partial charge is 0.0690 e. The van der Waals surface area contributed by atoms with E-state index in [1.54, 1.807) is 12.4 Å². The maximum atomic E-state index is 3.49. The summed E-state index contributed by atoms with van der Waals surface area (Å²) in [6, 6.07) is 0. The summed E-state index contributed by atoms with van der Waals surface area (Å²) in [6.07, 6.45) is 24.5. The van der Waals surface area contributed by atoms with Crippen molar-refractivity contribution in [3.8, 4) is 0 Å². The molecule has 1 aliphatic rings. The van der Waals surface area contributed by atoms with Crippen LogP contribution in [0.25, 0.3) is 0 Å². The Balaban J connectivity index is 0.000000780. The second-order valence-corrected chi connectivity index (χ2v) is 9.33. The molecule has 3 atom stereocenters. The molecule has 1 aromatic heterocycles. The Morgan fingerprint density at radius 2 is 1.47 bits per heavy atom. The number of hydrogen-bond acceptors (Lipinski definition) is 3. The van der Waals surface area contributed by atoms with Crippen LogP contribution in [0.4, 0.5) is 0 Å². The predicted molar refractivity (Wildman–Crippen MR) is 130 cm³/mol. The second-order valence-electron chi connectivity index (χ2n) is 9.33. The van der Waals surface area contributed by atoms with Gasteiger partial charge in [-0.3, -0.25) is 0 Å². The lowest BCUT2D eigenvalue weighted by Crippen LogP contribution is -2.41. The van der Waals surface area contributed by atoms with Crippen LogP contribution in [0.15, 0.2) is 36.7 Å². The fourth-order valence-electron chi connectivity index (χ4n) is 4.34. The molecule has 172 valence electrons. The lowest BCUT2D eigenvalue weighted by atomic mass is 9.82. The molecular weight excluding hydrogens is 368 g/mol. The van der Waals surface area contributed by atoms with Crippen molar-refractivity contribution < 1.29 is 0 Å². The van der Waals surface area contributed by atoms with Crippen LogP contribution in [-0.2, 0) is 0 Å². The normalized spacial score (nSPS) is 20.1. The molecule has 0 saturated heterocycles. The molecular formula is C26H48N4. The van der Waals surface area contributed by atoms with Gasteiger partial charge in [-0.2, -0.15) is 15.4 Å². The van der Waals surface area contributed by atoms with Gasteiger partial charge in [-0.1, -0.05) is 97.4 Å². The topological polar surface area (TPSA) is 44.8 Å². The molecule has 0 aliphatic heterocycles. The highest BCUT2D eigenvalue weighted by atomic mass is 15.3. The van der Waals surface area contributed by atoms with Gasteiger partial charge in [-0.25, -0.2) is 0 Å². The molecule has 1 N–H and O–H groups in total. The Hall–Kier alpha value is -1.42. The van der Waals surface area contributed by atoms with Crippen molar-refractivity contribution >= 4 is 0 Å². The molecule has 30 heavy (non-hydrogen) atoms. The third-order valence-electron chi connectivity index (χ3n) is 6.37. The van der Waals surface area contributed by atoms with Gasteiger partial charge in [0.25, 0.3) is 0 Å². The highest BCUT2D eigenvalue weighted by Gasteiger charge is 2.26. The summed E-state index contributed by atoms with van der Waals surface area (Å²) < 4.78 is 0. The molecule has 0 aromatic carbocycles. The molecule has 1 aliphatic carbocycles. The number of nitrogens with zero attached hydrogens (tertiary/aromatic N) is 3. The zero-order valence-corrected chi connectivity index (χ0v) is 20.4. The van der Waals surface area contributed by atoms with Gasteiger partial charge >= 0.3 is 0 Å². The summed E-state index contributed by atoms with van der Waals surface area (Å²) in [7, 11) is 0. The van der Waals surface area contributed by atoms with Crippen LogP contribution >= 0.6 is 0 Å². The molecule has 2 rings (SSSR count). The molecule has 0 saturated carbocycles. The minimum Gasteiger partial charge on any atom is -0.302 e.